The van der Waals surface area contributed by atoms with E-state index in [1.807, 2.05) is 0 Å². The second-order valence-corrected chi connectivity index (χ2v) is 3.36. The zero-order valence-electron chi connectivity index (χ0n) is 8.37. The Bertz CT molecular complexity index is 169. The van der Waals surface area contributed by atoms with E-state index in [0.29, 0.717) is 0 Å². The van der Waals surface area contributed by atoms with E-state index in [1.54, 1.807) is 0 Å². The molecule has 1 saturated heterocycles. The van der Waals surface area contributed by atoms with E-state index in [-0.39, 0.29) is 6.42 Å². The summed E-state index contributed by atoms with van der Waals surface area (Å²) in [5.74, 6) is -0.712. The highest BCUT2D eigenvalue weighted by atomic mass is 16.5. The standard InChI is InChI=1S/C9H18N2O3/c12-9(13)3-1-2-4-10-11-5-7-14-8-6-11/h10H,1-8H2,(H,12,13). The van der Waals surface area contributed by atoms with Crippen molar-refractivity contribution in [2.75, 3.05) is 32.8 Å². The minimum atomic E-state index is -0.712. The molecule has 0 aromatic heterocycles. The summed E-state index contributed by atoms with van der Waals surface area (Å²) in [6, 6.07) is 0. The van der Waals surface area contributed by atoms with Gasteiger partial charge in [0.15, 0.2) is 0 Å². The average Bonchev–Trinajstić information content (AvgIpc) is 2.18. The van der Waals surface area contributed by atoms with Crippen molar-refractivity contribution in [2.45, 2.75) is 19.3 Å². The number of carboxylic acid groups (broad SMARTS) is 1. The zero-order valence-corrected chi connectivity index (χ0v) is 8.37. The molecule has 0 bridgehead atoms. The van der Waals surface area contributed by atoms with Crippen LogP contribution < -0.4 is 5.43 Å². The van der Waals surface area contributed by atoms with Gasteiger partial charge in [-0.1, -0.05) is 0 Å². The number of carbonyl (C=O) groups is 1. The molecule has 0 radical (unpaired) electrons. The van der Waals surface area contributed by atoms with Crippen molar-refractivity contribution in [3.05, 3.63) is 0 Å². The van der Waals surface area contributed by atoms with Crippen LogP contribution in [0.25, 0.3) is 0 Å². The maximum atomic E-state index is 10.2. The predicted octanol–water partition coefficient (Wildman–Crippen LogP) is 0.0781. The second kappa shape index (κ2) is 6.75. The van der Waals surface area contributed by atoms with E-state index in [2.05, 4.69) is 10.4 Å². The second-order valence-electron chi connectivity index (χ2n) is 3.36. The molecule has 82 valence electrons. The molecule has 2 N–H and O–H groups in total. The third-order valence-corrected chi connectivity index (χ3v) is 2.16. The van der Waals surface area contributed by atoms with Crippen molar-refractivity contribution in [1.82, 2.24) is 10.4 Å². The number of aliphatic carboxylic acids is 1. The molecule has 0 aliphatic carbocycles. The van der Waals surface area contributed by atoms with Crippen LogP contribution in [0.4, 0.5) is 0 Å². The van der Waals surface area contributed by atoms with Crippen molar-refractivity contribution >= 4 is 5.97 Å². The Kier molecular flexibility index (Phi) is 5.51. The van der Waals surface area contributed by atoms with Gasteiger partial charge in [0.1, 0.15) is 0 Å². The first-order chi connectivity index (χ1) is 6.79. The number of rotatable bonds is 6. The van der Waals surface area contributed by atoms with Crippen LogP contribution in [0.3, 0.4) is 0 Å². The third kappa shape index (κ3) is 5.16. The van der Waals surface area contributed by atoms with E-state index >= 15 is 0 Å². The molecular weight excluding hydrogens is 184 g/mol. The van der Waals surface area contributed by atoms with Crippen LogP contribution in [-0.4, -0.2) is 48.9 Å². The number of ether oxygens (including phenoxy) is 1. The Labute approximate surface area is 84.0 Å². The van der Waals surface area contributed by atoms with Crippen molar-refractivity contribution in [3.63, 3.8) is 0 Å². The topological polar surface area (TPSA) is 61.8 Å². The van der Waals surface area contributed by atoms with Crippen LogP contribution in [0.1, 0.15) is 19.3 Å². The third-order valence-electron chi connectivity index (χ3n) is 2.16. The lowest BCUT2D eigenvalue weighted by Crippen LogP contribution is -2.46. The molecule has 0 aromatic rings. The molecule has 14 heavy (non-hydrogen) atoms. The van der Waals surface area contributed by atoms with Crippen LogP contribution in [0.2, 0.25) is 0 Å². The van der Waals surface area contributed by atoms with Gasteiger partial charge in [-0.05, 0) is 12.8 Å². The molecule has 0 aromatic carbocycles. The number of carboxylic acids is 1. The normalized spacial score (nSPS) is 18.3. The van der Waals surface area contributed by atoms with Gasteiger partial charge in [-0.2, -0.15) is 0 Å². The molecule has 1 heterocycles. The number of hydrogen-bond acceptors (Lipinski definition) is 4. The predicted molar refractivity (Wildman–Crippen MR) is 51.9 cm³/mol. The van der Waals surface area contributed by atoms with Gasteiger partial charge in [-0.25, -0.2) is 5.01 Å². The summed E-state index contributed by atoms with van der Waals surface area (Å²) < 4.78 is 5.20. The number of nitrogens with zero attached hydrogens (tertiary/aromatic N) is 1. The Morgan fingerprint density at radius 2 is 2.07 bits per heavy atom. The zero-order chi connectivity index (χ0) is 10.2. The quantitative estimate of drug-likeness (QED) is 0.597. The highest BCUT2D eigenvalue weighted by Gasteiger charge is 2.08. The Morgan fingerprint density at radius 3 is 2.71 bits per heavy atom. The lowest BCUT2D eigenvalue weighted by molar-refractivity contribution is -0.137. The number of hydrogen-bond donors (Lipinski definition) is 2. The highest BCUT2D eigenvalue weighted by Crippen LogP contribution is 1.96. The fraction of sp³-hybridized carbons (Fsp3) is 0.889. The summed E-state index contributed by atoms with van der Waals surface area (Å²) in [7, 11) is 0. The fourth-order valence-electron chi connectivity index (χ4n) is 1.36. The van der Waals surface area contributed by atoms with Gasteiger partial charge < -0.3 is 9.84 Å². The van der Waals surface area contributed by atoms with Gasteiger partial charge in [0.25, 0.3) is 0 Å². The molecule has 0 atom stereocenters. The van der Waals surface area contributed by atoms with Gasteiger partial charge in [-0.15, -0.1) is 0 Å². The average molecular weight is 202 g/mol. The maximum absolute atomic E-state index is 10.2. The Morgan fingerprint density at radius 1 is 1.36 bits per heavy atom. The smallest absolute Gasteiger partial charge is 0.303 e. The molecule has 0 spiro atoms. The molecule has 0 amide bonds. The van der Waals surface area contributed by atoms with Crippen LogP contribution in [0.5, 0.6) is 0 Å². The maximum Gasteiger partial charge on any atom is 0.303 e. The van der Waals surface area contributed by atoms with E-state index < -0.39 is 5.97 Å². The minimum Gasteiger partial charge on any atom is -0.481 e. The molecular formula is C9H18N2O3. The van der Waals surface area contributed by atoms with Crippen molar-refractivity contribution in [2.24, 2.45) is 0 Å². The lowest BCUT2D eigenvalue weighted by Gasteiger charge is -2.27. The molecule has 1 aliphatic rings. The molecule has 5 nitrogen and oxygen atoms in total. The number of hydrazine groups is 1. The summed E-state index contributed by atoms with van der Waals surface area (Å²) in [5.41, 5.74) is 3.26. The van der Waals surface area contributed by atoms with E-state index in [4.69, 9.17) is 9.84 Å². The number of morpholine rings is 1. The van der Waals surface area contributed by atoms with E-state index in [9.17, 15) is 4.79 Å². The van der Waals surface area contributed by atoms with Gasteiger partial charge in [-0.3, -0.25) is 10.2 Å². The Balaban J connectivity index is 1.90. The SMILES string of the molecule is O=C(O)CCCCNN1CCOCC1. The molecule has 1 fully saturated rings. The van der Waals surface area contributed by atoms with Crippen molar-refractivity contribution in [3.8, 4) is 0 Å². The van der Waals surface area contributed by atoms with Gasteiger partial charge >= 0.3 is 5.97 Å². The lowest BCUT2D eigenvalue weighted by atomic mass is 10.2. The molecule has 5 heteroatoms. The highest BCUT2D eigenvalue weighted by molar-refractivity contribution is 5.66. The Hall–Kier alpha value is -0.650. The largest absolute Gasteiger partial charge is 0.481 e. The summed E-state index contributed by atoms with van der Waals surface area (Å²) >= 11 is 0. The van der Waals surface area contributed by atoms with Gasteiger partial charge in [0, 0.05) is 26.1 Å². The molecule has 0 saturated carbocycles. The monoisotopic (exact) mass is 202 g/mol. The van der Waals surface area contributed by atoms with Crippen molar-refractivity contribution < 1.29 is 14.6 Å². The van der Waals surface area contributed by atoms with E-state index in [1.165, 1.54) is 0 Å². The van der Waals surface area contributed by atoms with Gasteiger partial charge in [0.05, 0.1) is 13.2 Å². The fourth-order valence-corrected chi connectivity index (χ4v) is 1.36. The van der Waals surface area contributed by atoms with Crippen LogP contribution >= 0.6 is 0 Å². The van der Waals surface area contributed by atoms with Gasteiger partial charge in [0.2, 0.25) is 0 Å². The van der Waals surface area contributed by atoms with Crippen LogP contribution in [-0.2, 0) is 9.53 Å². The first kappa shape index (κ1) is 11.4. The summed E-state index contributed by atoms with van der Waals surface area (Å²) in [6.07, 6.45) is 1.92. The first-order valence-electron chi connectivity index (χ1n) is 5.07. The van der Waals surface area contributed by atoms with Crippen LogP contribution in [0.15, 0.2) is 0 Å². The van der Waals surface area contributed by atoms with Crippen molar-refractivity contribution in [1.29, 1.82) is 0 Å². The molecule has 1 aliphatic heterocycles. The number of unbranched alkanes of at least 4 members (excludes halogenated alkanes) is 1. The molecule has 0 unspecified atom stereocenters. The summed E-state index contributed by atoms with van der Waals surface area (Å²) in [4.78, 5) is 10.2. The minimum absolute atomic E-state index is 0.269. The number of nitrogens with one attached hydrogen (secondary N) is 1. The first-order valence-corrected chi connectivity index (χ1v) is 5.07. The summed E-state index contributed by atoms with van der Waals surface area (Å²) in [6.45, 7) is 4.25. The van der Waals surface area contributed by atoms with Crippen LogP contribution in [0, 0.1) is 0 Å². The summed E-state index contributed by atoms with van der Waals surface area (Å²) in [5, 5.41) is 10.5. The van der Waals surface area contributed by atoms with E-state index in [0.717, 1.165) is 45.7 Å². The molecule has 1 rings (SSSR count).